The Morgan fingerprint density at radius 1 is 1.00 bits per heavy atom. The predicted octanol–water partition coefficient (Wildman–Crippen LogP) is 4.31. The fraction of sp³-hybridized carbons (Fsp3) is 0.278. The summed E-state index contributed by atoms with van der Waals surface area (Å²) in [5.41, 5.74) is 1.31. The SMILES string of the molecule is O=C(CNc1ccc(OC(F)F)c(Cl)c1)NCCc1ccc(OC(F)F)cc1. The number of anilines is 1. The standard InChI is InChI=1S/C18H17ClF4N2O3/c19-14-9-12(3-6-15(14)28-18(22)23)25-10-16(26)24-8-7-11-1-4-13(5-2-11)27-17(20)21/h1-6,9,17-18,25H,7-8,10H2,(H,24,26). The topological polar surface area (TPSA) is 59.6 Å². The third-order valence-corrected chi connectivity index (χ3v) is 3.78. The van der Waals surface area contributed by atoms with Crippen molar-refractivity contribution in [3.05, 3.63) is 53.1 Å². The number of rotatable bonds is 10. The van der Waals surface area contributed by atoms with Gasteiger partial charge in [-0.2, -0.15) is 17.6 Å². The van der Waals surface area contributed by atoms with Crippen molar-refractivity contribution in [3.8, 4) is 11.5 Å². The first-order chi connectivity index (χ1) is 13.3. The van der Waals surface area contributed by atoms with Gasteiger partial charge in [0, 0.05) is 12.2 Å². The average molecular weight is 421 g/mol. The molecule has 0 atom stereocenters. The van der Waals surface area contributed by atoms with Crippen molar-refractivity contribution in [3.63, 3.8) is 0 Å². The van der Waals surface area contributed by atoms with Crippen molar-refractivity contribution in [2.24, 2.45) is 0 Å². The van der Waals surface area contributed by atoms with Gasteiger partial charge in [0.1, 0.15) is 11.5 Å². The molecular weight excluding hydrogens is 404 g/mol. The van der Waals surface area contributed by atoms with Crippen LogP contribution in [-0.4, -0.2) is 32.2 Å². The highest BCUT2D eigenvalue weighted by Gasteiger charge is 2.09. The van der Waals surface area contributed by atoms with E-state index < -0.39 is 13.2 Å². The summed E-state index contributed by atoms with van der Waals surface area (Å²) >= 11 is 5.83. The molecule has 2 aromatic rings. The number of carbonyl (C=O) groups is 1. The van der Waals surface area contributed by atoms with Crippen LogP contribution in [-0.2, 0) is 11.2 Å². The molecule has 28 heavy (non-hydrogen) atoms. The second-order valence-electron chi connectivity index (χ2n) is 5.50. The Labute approximate surface area is 163 Å². The van der Waals surface area contributed by atoms with Crippen molar-refractivity contribution < 1.29 is 31.8 Å². The van der Waals surface area contributed by atoms with E-state index in [1.54, 1.807) is 12.1 Å². The molecule has 2 rings (SSSR count). The molecule has 0 aromatic heterocycles. The molecular formula is C18H17ClF4N2O3. The molecule has 2 N–H and O–H groups in total. The molecule has 1 amide bonds. The number of benzene rings is 2. The van der Waals surface area contributed by atoms with Gasteiger partial charge in [-0.1, -0.05) is 23.7 Å². The largest absolute Gasteiger partial charge is 0.435 e. The molecule has 0 saturated carbocycles. The summed E-state index contributed by atoms with van der Waals surface area (Å²) in [6.45, 7) is -5.56. The zero-order valence-corrected chi connectivity index (χ0v) is 15.2. The van der Waals surface area contributed by atoms with Crippen LogP contribution in [0.1, 0.15) is 5.56 Å². The molecule has 0 aliphatic carbocycles. The molecule has 0 heterocycles. The molecule has 0 fully saturated rings. The second-order valence-corrected chi connectivity index (χ2v) is 5.91. The third kappa shape index (κ3) is 7.51. The monoisotopic (exact) mass is 420 g/mol. The molecule has 0 saturated heterocycles. The van der Waals surface area contributed by atoms with Gasteiger partial charge in [0.05, 0.1) is 11.6 Å². The average Bonchev–Trinajstić information content (AvgIpc) is 2.63. The highest BCUT2D eigenvalue weighted by molar-refractivity contribution is 6.32. The van der Waals surface area contributed by atoms with Gasteiger partial charge in [-0.15, -0.1) is 0 Å². The summed E-state index contributed by atoms with van der Waals surface area (Å²) in [5, 5.41) is 5.49. The van der Waals surface area contributed by atoms with Crippen LogP contribution in [0.4, 0.5) is 23.2 Å². The highest BCUT2D eigenvalue weighted by Crippen LogP contribution is 2.28. The number of hydrogen-bond acceptors (Lipinski definition) is 4. The van der Waals surface area contributed by atoms with Gasteiger partial charge in [-0.3, -0.25) is 4.79 Å². The van der Waals surface area contributed by atoms with Gasteiger partial charge in [0.25, 0.3) is 0 Å². The maximum atomic E-state index is 12.2. The highest BCUT2D eigenvalue weighted by atomic mass is 35.5. The summed E-state index contributed by atoms with van der Waals surface area (Å²) in [7, 11) is 0. The molecule has 0 aliphatic heterocycles. The summed E-state index contributed by atoms with van der Waals surface area (Å²) in [4.78, 5) is 11.8. The summed E-state index contributed by atoms with van der Waals surface area (Å²) < 4.78 is 57.0. The fourth-order valence-electron chi connectivity index (χ4n) is 2.23. The van der Waals surface area contributed by atoms with Gasteiger partial charge in [-0.25, -0.2) is 0 Å². The van der Waals surface area contributed by atoms with Crippen molar-refractivity contribution in [1.82, 2.24) is 5.32 Å². The number of carbonyl (C=O) groups excluding carboxylic acids is 1. The molecule has 2 aromatic carbocycles. The van der Waals surface area contributed by atoms with E-state index in [-0.39, 0.29) is 29.0 Å². The predicted molar refractivity (Wildman–Crippen MR) is 96.4 cm³/mol. The Balaban J connectivity index is 1.72. The normalized spacial score (nSPS) is 10.8. The first-order valence-electron chi connectivity index (χ1n) is 8.12. The molecule has 10 heteroatoms. The van der Waals surface area contributed by atoms with Crippen LogP contribution in [0.15, 0.2) is 42.5 Å². The number of alkyl halides is 4. The molecule has 152 valence electrons. The maximum absolute atomic E-state index is 12.2. The lowest BCUT2D eigenvalue weighted by molar-refractivity contribution is -0.119. The number of amides is 1. The fourth-order valence-corrected chi connectivity index (χ4v) is 2.46. The lowest BCUT2D eigenvalue weighted by Gasteiger charge is -2.11. The first kappa shape index (κ1) is 21.6. The van der Waals surface area contributed by atoms with Crippen LogP contribution >= 0.6 is 11.6 Å². The third-order valence-electron chi connectivity index (χ3n) is 3.49. The Morgan fingerprint density at radius 3 is 2.29 bits per heavy atom. The van der Waals surface area contributed by atoms with Crippen molar-refractivity contribution in [2.45, 2.75) is 19.6 Å². The smallest absolute Gasteiger partial charge is 0.387 e. The van der Waals surface area contributed by atoms with E-state index in [1.807, 2.05) is 0 Å². The number of hydrogen-bond donors (Lipinski definition) is 2. The van der Waals surface area contributed by atoms with Crippen LogP contribution in [0.2, 0.25) is 5.02 Å². The van der Waals surface area contributed by atoms with E-state index in [0.717, 1.165) is 5.56 Å². The van der Waals surface area contributed by atoms with Crippen LogP contribution in [0, 0.1) is 0 Å². The van der Waals surface area contributed by atoms with Gasteiger partial charge in [-0.05, 0) is 42.3 Å². The lowest BCUT2D eigenvalue weighted by atomic mass is 10.1. The van der Waals surface area contributed by atoms with E-state index in [0.29, 0.717) is 18.7 Å². The number of nitrogens with one attached hydrogen (secondary N) is 2. The Bertz CT molecular complexity index is 776. The van der Waals surface area contributed by atoms with E-state index in [2.05, 4.69) is 20.1 Å². The molecule has 0 radical (unpaired) electrons. The molecule has 0 aliphatic rings. The van der Waals surface area contributed by atoms with Crippen molar-refractivity contribution in [1.29, 1.82) is 0 Å². The minimum absolute atomic E-state index is 0.00928. The zero-order valence-electron chi connectivity index (χ0n) is 14.4. The van der Waals surface area contributed by atoms with Gasteiger partial charge in [0.15, 0.2) is 0 Å². The first-order valence-corrected chi connectivity index (χ1v) is 8.50. The minimum Gasteiger partial charge on any atom is -0.435 e. The van der Waals surface area contributed by atoms with E-state index in [9.17, 15) is 22.4 Å². The summed E-state index contributed by atoms with van der Waals surface area (Å²) in [5.74, 6) is -0.381. The van der Waals surface area contributed by atoms with Crippen LogP contribution < -0.4 is 20.1 Å². The van der Waals surface area contributed by atoms with Crippen molar-refractivity contribution >= 4 is 23.2 Å². The lowest BCUT2D eigenvalue weighted by Crippen LogP contribution is -2.31. The number of ether oxygens (including phenoxy) is 2. The number of halogens is 5. The van der Waals surface area contributed by atoms with Gasteiger partial charge in [0.2, 0.25) is 5.91 Å². The van der Waals surface area contributed by atoms with E-state index >= 15 is 0 Å². The molecule has 0 bridgehead atoms. The Morgan fingerprint density at radius 2 is 1.68 bits per heavy atom. The van der Waals surface area contributed by atoms with Crippen LogP contribution in [0.3, 0.4) is 0 Å². The Kier molecular flexibility index (Phi) is 8.19. The van der Waals surface area contributed by atoms with Crippen LogP contribution in [0.5, 0.6) is 11.5 Å². The molecule has 0 spiro atoms. The molecule has 0 unspecified atom stereocenters. The van der Waals surface area contributed by atoms with Gasteiger partial charge >= 0.3 is 13.2 Å². The maximum Gasteiger partial charge on any atom is 0.387 e. The Hall–Kier alpha value is -2.68. The second kappa shape index (κ2) is 10.6. The molecule has 5 nitrogen and oxygen atoms in total. The summed E-state index contributed by atoms with van der Waals surface area (Å²) in [6, 6.07) is 10.2. The van der Waals surface area contributed by atoms with Gasteiger partial charge < -0.3 is 20.1 Å². The van der Waals surface area contributed by atoms with E-state index in [4.69, 9.17) is 11.6 Å². The minimum atomic E-state index is -2.98. The van der Waals surface area contributed by atoms with E-state index in [1.165, 1.54) is 30.3 Å². The van der Waals surface area contributed by atoms with Crippen molar-refractivity contribution in [2.75, 3.05) is 18.4 Å². The quantitative estimate of drug-likeness (QED) is 0.562. The van der Waals surface area contributed by atoms with Crippen LogP contribution in [0.25, 0.3) is 0 Å². The summed E-state index contributed by atoms with van der Waals surface area (Å²) in [6.07, 6.45) is 0.506. The zero-order chi connectivity index (χ0) is 20.5.